The minimum absolute atomic E-state index is 0.285. The highest BCUT2D eigenvalue weighted by Crippen LogP contribution is 2.23. The number of carboxylic acid groups (broad SMARTS) is 1. The van der Waals surface area contributed by atoms with Gasteiger partial charge in [0.25, 0.3) is 5.91 Å². The van der Waals surface area contributed by atoms with Crippen molar-refractivity contribution in [3.05, 3.63) is 64.7 Å². The number of carbonyl (C=O) groups excluding carboxylic acids is 1. The number of amides is 1. The highest BCUT2D eigenvalue weighted by atomic mass is 35.5. The molecule has 1 amide bonds. The molecule has 0 radical (unpaired) electrons. The number of guanidine groups is 1. The fourth-order valence-corrected chi connectivity index (χ4v) is 2.84. The van der Waals surface area contributed by atoms with Crippen molar-refractivity contribution < 1.29 is 14.7 Å². The third kappa shape index (κ3) is 5.34. The van der Waals surface area contributed by atoms with E-state index >= 15 is 0 Å². The van der Waals surface area contributed by atoms with Gasteiger partial charge in [-0.05, 0) is 48.4 Å². The first-order valence-electron chi connectivity index (χ1n) is 8.68. The molecule has 0 fully saturated rings. The van der Waals surface area contributed by atoms with E-state index in [1.54, 1.807) is 36.4 Å². The van der Waals surface area contributed by atoms with E-state index in [0.29, 0.717) is 27.8 Å². The Kier molecular flexibility index (Phi) is 6.29. The second-order valence-electron chi connectivity index (χ2n) is 6.08. The van der Waals surface area contributed by atoms with Crippen LogP contribution < -0.4 is 16.0 Å². The molecule has 2 aromatic carbocycles. The largest absolute Gasteiger partial charge is 0.478 e. The van der Waals surface area contributed by atoms with E-state index in [9.17, 15) is 9.59 Å². The summed E-state index contributed by atoms with van der Waals surface area (Å²) in [5.74, 6) is -0.649. The predicted octanol–water partition coefficient (Wildman–Crippen LogP) is 3.45. The molecule has 2 aromatic rings. The van der Waals surface area contributed by atoms with Gasteiger partial charge in [0.05, 0.1) is 0 Å². The second-order valence-corrected chi connectivity index (χ2v) is 6.49. The third-order valence-electron chi connectivity index (χ3n) is 3.95. The molecule has 8 heteroatoms. The molecule has 0 aliphatic carbocycles. The lowest BCUT2D eigenvalue weighted by molar-refractivity contribution is -0.131. The molecule has 0 saturated carbocycles. The number of hydrogen-bond donors (Lipinski definition) is 4. The zero-order valence-electron chi connectivity index (χ0n) is 14.9. The summed E-state index contributed by atoms with van der Waals surface area (Å²) >= 11 is 6.15. The molecular formula is C20H19ClN4O3. The molecule has 0 saturated heterocycles. The number of rotatable bonds is 5. The molecule has 0 spiro atoms. The van der Waals surface area contributed by atoms with Crippen LogP contribution in [0.25, 0.3) is 6.08 Å². The number of aliphatic carboxylic acids is 1. The lowest BCUT2D eigenvalue weighted by Crippen LogP contribution is -2.35. The molecule has 3 rings (SSSR count). The summed E-state index contributed by atoms with van der Waals surface area (Å²) in [4.78, 5) is 27.5. The molecule has 1 heterocycles. The molecule has 0 atom stereocenters. The van der Waals surface area contributed by atoms with E-state index in [0.717, 1.165) is 31.3 Å². The van der Waals surface area contributed by atoms with Gasteiger partial charge in [-0.25, -0.2) is 4.79 Å². The number of anilines is 2. The topological polar surface area (TPSA) is 103 Å². The minimum atomic E-state index is -1.06. The van der Waals surface area contributed by atoms with Crippen molar-refractivity contribution in [2.75, 3.05) is 23.7 Å². The van der Waals surface area contributed by atoms with Gasteiger partial charge >= 0.3 is 5.97 Å². The predicted molar refractivity (Wildman–Crippen MR) is 111 cm³/mol. The number of nitrogens with zero attached hydrogens (tertiary/aromatic N) is 1. The number of halogens is 1. The fraction of sp³-hybridized carbons (Fsp3) is 0.150. The maximum absolute atomic E-state index is 12.6. The Morgan fingerprint density at radius 3 is 2.75 bits per heavy atom. The maximum Gasteiger partial charge on any atom is 0.328 e. The number of nitrogens with one attached hydrogen (secondary N) is 3. The number of benzene rings is 2. The number of hydrogen-bond acceptors (Lipinski definition) is 5. The van der Waals surface area contributed by atoms with Crippen LogP contribution in [0, 0.1) is 0 Å². The molecule has 0 bridgehead atoms. The smallest absolute Gasteiger partial charge is 0.328 e. The van der Waals surface area contributed by atoms with Crippen molar-refractivity contribution in [2.45, 2.75) is 6.42 Å². The zero-order valence-corrected chi connectivity index (χ0v) is 15.7. The van der Waals surface area contributed by atoms with Crippen LogP contribution in [0.3, 0.4) is 0 Å². The molecule has 1 aliphatic rings. The standard InChI is InChI=1S/C20H19ClN4O3/c21-17-12-16(7-5-13(17)6-8-18(26)27)24-19(28)14-3-1-4-15(11-14)25-20-22-9-2-10-23-20/h1,3-8,11-12H,2,9-10H2,(H,24,28)(H,26,27)(H2,22,23,25). The highest BCUT2D eigenvalue weighted by Gasteiger charge is 2.10. The summed E-state index contributed by atoms with van der Waals surface area (Å²) in [6, 6.07) is 12.0. The normalized spacial score (nSPS) is 13.5. The van der Waals surface area contributed by atoms with Gasteiger partial charge in [-0.2, -0.15) is 0 Å². The van der Waals surface area contributed by atoms with Gasteiger partial charge in [0.1, 0.15) is 0 Å². The van der Waals surface area contributed by atoms with E-state index < -0.39 is 5.97 Å². The van der Waals surface area contributed by atoms with Crippen LogP contribution in [-0.2, 0) is 4.79 Å². The van der Waals surface area contributed by atoms with Crippen LogP contribution in [0.2, 0.25) is 5.02 Å². The van der Waals surface area contributed by atoms with Gasteiger partial charge in [0, 0.05) is 41.1 Å². The SMILES string of the molecule is O=C(O)C=Cc1ccc(NC(=O)c2cccc(NC3=NCCCN3)c2)cc1Cl. The Balaban J connectivity index is 1.69. The van der Waals surface area contributed by atoms with Gasteiger partial charge in [0.2, 0.25) is 0 Å². The van der Waals surface area contributed by atoms with Crippen molar-refractivity contribution in [2.24, 2.45) is 4.99 Å². The first-order valence-corrected chi connectivity index (χ1v) is 9.06. The molecular weight excluding hydrogens is 380 g/mol. The number of carbonyl (C=O) groups is 2. The summed E-state index contributed by atoms with van der Waals surface area (Å²) in [6.45, 7) is 1.64. The van der Waals surface area contributed by atoms with Gasteiger partial charge in [-0.3, -0.25) is 9.79 Å². The molecule has 4 N–H and O–H groups in total. The van der Waals surface area contributed by atoms with Crippen molar-refractivity contribution in [3.8, 4) is 0 Å². The van der Waals surface area contributed by atoms with E-state index in [4.69, 9.17) is 16.7 Å². The number of aliphatic imine (C=N–C) groups is 1. The van der Waals surface area contributed by atoms with Crippen molar-refractivity contribution in [3.63, 3.8) is 0 Å². The second kappa shape index (κ2) is 9.05. The van der Waals surface area contributed by atoms with E-state index in [2.05, 4.69) is 20.9 Å². The Bertz CT molecular complexity index is 956. The summed E-state index contributed by atoms with van der Waals surface area (Å²) in [5, 5.41) is 18.1. The van der Waals surface area contributed by atoms with Crippen molar-refractivity contribution >= 4 is 46.9 Å². The summed E-state index contributed by atoms with van der Waals surface area (Å²) in [7, 11) is 0. The molecule has 28 heavy (non-hydrogen) atoms. The minimum Gasteiger partial charge on any atom is -0.478 e. The fourth-order valence-electron chi connectivity index (χ4n) is 2.60. The summed E-state index contributed by atoms with van der Waals surface area (Å²) < 4.78 is 0. The van der Waals surface area contributed by atoms with Crippen LogP contribution in [-0.4, -0.2) is 36.0 Å². The summed E-state index contributed by atoms with van der Waals surface area (Å²) in [5.41, 5.74) is 2.30. The maximum atomic E-state index is 12.6. The van der Waals surface area contributed by atoms with E-state index in [1.165, 1.54) is 6.08 Å². The van der Waals surface area contributed by atoms with Gasteiger partial charge in [-0.1, -0.05) is 23.7 Å². The van der Waals surface area contributed by atoms with Gasteiger partial charge in [0.15, 0.2) is 5.96 Å². The lowest BCUT2D eigenvalue weighted by atomic mass is 10.1. The van der Waals surface area contributed by atoms with E-state index in [1.807, 2.05) is 6.07 Å². The van der Waals surface area contributed by atoms with Crippen molar-refractivity contribution in [1.29, 1.82) is 0 Å². The first kappa shape index (κ1) is 19.4. The average molecular weight is 399 g/mol. The Labute approximate surface area is 167 Å². The lowest BCUT2D eigenvalue weighted by Gasteiger charge is -2.16. The van der Waals surface area contributed by atoms with Gasteiger partial charge in [-0.15, -0.1) is 0 Å². The Morgan fingerprint density at radius 2 is 2.04 bits per heavy atom. The molecule has 1 aliphatic heterocycles. The Hall–Kier alpha value is -3.32. The molecule has 0 aromatic heterocycles. The Morgan fingerprint density at radius 1 is 1.18 bits per heavy atom. The van der Waals surface area contributed by atoms with Gasteiger partial charge < -0.3 is 21.1 Å². The zero-order chi connectivity index (χ0) is 19.9. The molecule has 7 nitrogen and oxygen atoms in total. The van der Waals surface area contributed by atoms with Crippen LogP contribution >= 0.6 is 11.6 Å². The van der Waals surface area contributed by atoms with Crippen LogP contribution in [0.4, 0.5) is 11.4 Å². The third-order valence-corrected chi connectivity index (χ3v) is 4.28. The van der Waals surface area contributed by atoms with Crippen LogP contribution in [0.1, 0.15) is 22.3 Å². The highest BCUT2D eigenvalue weighted by molar-refractivity contribution is 6.32. The molecule has 0 unspecified atom stereocenters. The monoisotopic (exact) mass is 398 g/mol. The average Bonchev–Trinajstić information content (AvgIpc) is 2.68. The number of carboxylic acids is 1. The first-order chi connectivity index (χ1) is 13.5. The van der Waals surface area contributed by atoms with Crippen LogP contribution in [0.15, 0.2) is 53.5 Å². The van der Waals surface area contributed by atoms with E-state index in [-0.39, 0.29) is 5.91 Å². The van der Waals surface area contributed by atoms with Crippen molar-refractivity contribution in [1.82, 2.24) is 5.32 Å². The quantitative estimate of drug-likeness (QED) is 0.578. The van der Waals surface area contributed by atoms with Crippen LogP contribution in [0.5, 0.6) is 0 Å². The molecule has 144 valence electrons. The summed E-state index contributed by atoms with van der Waals surface area (Å²) in [6.07, 6.45) is 3.40.